The van der Waals surface area contributed by atoms with Gasteiger partial charge < -0.3 is 20.3 Å². The lowest BCUT2D eigenvalue weighted by Crippen LogP contribution is -2.34. The molecule has 4 heteroatoms. The molecule has 0 saturated heterocycles. The Morgan fingerprint density at radius 3 is 2.59 bits per heavy atom. The molecule has 3 rings (SSSR count). The largest absolute Gasteiger partial charge is 0.508 e. The summed E-state index contributed by atoms with van der Waals surface area (Å²) in [4.78, 5) is 0. The summed E-state index contributed by atoms with van der Waals surface area (Å²) in [5.74, 6) is 1.53. The van der Waals surface area contributed by atoms with E-state index in [0.717, 1.165) is 37.0 Å². The van der Waals surface area contributed by atoms with Gasteiger partial charge in [-0.15, -0.1) is 0 Å². The Morgan fingerprint density at radius 1 is 1.12 bits per heavy atom. The highest BCUT2D eigenvalue weighted by molar-refractivity contribution is 5.55. The molecule has 17 heavy (non-hydrogen) atoms. The van der Waals surface area contributed by atoms with Gasteiger partial charge in [-0.25, -0.2) is 0 Å². The van der Waals surface area contributed by atoms with Crippen molar-refractivity contribution in [2.45, 2.75) is 31.2 Å². The molecule has 0 amide bonds. The first kappa shape index (κ1) is 10.7. The molecule has 0 unspecified atom stereocenters. The Labute approximate surface area is 100 Å². The number of phenolic OH excluding ortho intramolecular Hbond substituents is 1. The SMILES string of the molecule is NC1(c2cc(O)cc3c2OCCO3)CCCC1. The summed E-state index contributed by atoms with van der Waals surface area (Å²) in [5, 5.41) is 9.75. The predicted octanol–water partition coefficient (Wildman–Crippen LogP) is 1.89. The highest BCUT2D eigenvalue weighted by Crippen LogP contribution is 2.46. The summed E-state index contributed by atoms with van der Waals surface area (Å²) in [6.45, 7) is 1.06. The van der Waals surface area contributed by atoms with Gasteiger partial charge in [-0.3, -0.25) is 0 Å². The lowest BCUT2D eigenvalue weighted by molar-refractivity contribution is 0.166. The van der Waals surface area contributed by atoms with E-state index in [1.807, 2.05) is 0 Å². The van der Waals surface area contributed by atoms with Crippen LogP contribution in [0, 0.1) is 0 Å². The first-order valence-electron chi connectivity index (χ1n) is 6.11. The van der Waals surface area contributed by atoms with Crippen LogP contribution in [0.1, 0.15) is 31.2 Å². The average molecular weight is 235 g/mol. The highest BCUT2D eigenvalue weighted by Gasteiger charge is 2.36. The second-order valence-electron chi connectivity index (χ2n) is 4.88. The minimum atomic E-state index is -0.372. The molecule has 2 aliphatic rings. The van der Waals surface area contributed by atoms with Gasteiger partial charge in [-0.1, -0.05) is 12.8 Å². The fourth-order valence-corrected chi connectivity index (χ4v) is 2.78. The van der Waals surface area contributed by atoms with Gasteiger partial charge in [0.1, 0.15) is 19.0 Å². The molecule has 3 N–H and O–H groups in total. The molecule has 1 saturated carbocycles. The van der Waals surface area contributed by atoms with Crippen LogP contribution in [0.4, 0.5) is 0 Å². The van der Waals surface area contributed by atoms with Crippen molar-refractivity contribution in [1.29, 1.82) is 0 Å². The number of hydrogen-bond donors (Lipinski definition) is 2. The summed E-state index contributed by atoms with van der Waals surface area (Å²) >= 11 is 0. The summed E-state index contributed by atoms with van der Waals surface area (Å²) in [5.41, 5.74) is 6.95. The van der Waals surface area contributed by atoms with E-state index in [-0.39, 0.29) is 11.3 Å². The molecule has 1 fully saturated rings. The van der Waals surface area contributed by atoms with Crippen molar-refractivity contribution in [1.82, 2.24) is 0 Å². The molecule has 0 radical (unpaired) electrons. The van der Waals surface area contributed by atoms with Crippen LogP contribution in [0.3, 0.4) is 0 Å². The summed E-state index contributed by atoms with van der Waals surface area (Å²) in [6.07, 6.45) is 4.13. The van der Waals surface area contributed by atoms with Crippen LogP contribution < -0.4 is 15.2 Å². The highest BCUT2D eigenvalue weighted by atomic mass is 16.6. The third-order valence-corrected chi connectivity index (χ3v) is 3.66. The second kappa shape index (κ2) is 3.81. The lowest BCUT2D eigenvalue weighted by Gasteiger charge is -2.30. The predicted molar refractivity (Wildman–Crippen MR) is 63.4 cm³/mol. The topological polar surface area (TPSA) is 64.7 Å². The van der Waals surface area contributed by atoms with Crippen molar-refractivity contribution in [3.05, 3.63) is 17.7 Å². The molecule has 1 aliphatic carbocycles. The molecule has 0 bridgehead atoms. The van der Waals surface area contributed by atoms with Crippen LogP contribution in [-0.4, -0.2) is 18.3 Å². The van der Waals surface area contributed by atoms with E-state index < -0.39 is 0 Å². The fraction of sp³-hybridized carbons (Fsp3) is 0.538. The molecular weight excluding hydrogens is 218 g/mol. The zero-order chi connectivity index (χ0) is 11.9. The first-order chi connectivity index (χ1) is 8.19. The monoisotopic (exact) mass is 235 g/mol. The van der Waals surface area contributed by atoms with Gasteiger partial charge in [-0.2, -0.15) is 0 Å². The van der Waals surface area contributed by atoms with Crippen LogP contribution in [0.15, 0.2) is 12.1 Å². The summed E-state index contributed by atoms with van der Waals surface area (Å²) < 4.78 is 11.2. The van der Waals surface area contributed by atoms with Crippen molar-refractivity contribution in [2.75, 3.05) is 13.2 Å². The van der Waals surface area contributed by atoms with Crippen LogP contribution in [0.25, 0.3) is 0 Å². The maximum Gasteiger partial charge on any atom is 0.166 e. The van der Waals surface area contributed by atoms with Crippen molar-refractivity contribution >= 4 is 0 Å². The third-order valence-electron chi connectivity index (χ3n) is 3.66. The van der Waals surface area contributed by atoms with Crippen molar-refractivity contribution in [3.63, 3.8) is 0 Å². The van der Waals surface area contributed by atoms with E-state index in [1.54, 1.807) is 12.1 Å². The number of fused-ring (bicyclic) bond motifs is 1. The number of benzene rings is 1. The van der Waals surface area contributed by atoms with Gasteiger partial charge in [0.05, 0.1) is 0 Å². The van der Waals surface area contributed by atoms with E-state index in [2.05, 4.69) is 0 Å². The molecular formula is C13H17NO3. The van der Waals surface area contributed by atoms with Gasteiger partial charge in [0, 0.05) is 17.2 Å². The van der Waals surface area contributed by atoms with E-state index in [4.69, 9.17) is 15.2 Å². The Hall–Kier alpha value is -1.42. The number of phenols is 1. The van der Waals surface area contributed by atoms with E-state index in [1.165, 1.54) is 0 Å². The molecule has 1 aromatic rings. The van der Waals surface area contributed by atoms with E-state index in [0.29, 0.717) is 19.0 Å². The van der Waals surface area contributed by atoms with E-state index >= 15 is 0 Å². The van der Waals surface area contributed by atoms with Gasteiger partial charge in [0.15, 0.2) is 11.5 Å². The van der Waals surface area contributed by atoms with Crippen LogP contribution in [-0.2, 0) is 5.54 Å². The van der Waals surface area contributed by atoms with Crippen LogP contribution in [0.5, 0.6) is 17.2 Å². The average Bonchev–Trinajstić information content (AvgIpc) is 2.76. The van der Waals surface area contributed by atoms with Gasteiger partial charge in [-0.05, 0) is 18.9 Å². The van der Waals surface area contributed by atoms with Crippen molar-refractivity contribution in [3.8, 4) is 17.2 Å². The number of hydrogen-bond acceptors (Lipinski definition) is 4. The molecule has 92 valence electrons. The second-order valence-corrected chi connectivity index (χ2v) is 4.88. The molecule has 0 atom stereocenters. The Morgan fingerprint density at radius 2 is 1.82 bits per heavy atom. The minimum absolute atomic E-state index is 0.195. The third kappa shape index (κ3) is 1.72. The quantitative estimate of drug-likeness (QED) is 0.780. The number of aromatic hydroxyl groups is 1. The van der Waals surface area contributed by atoms with Gasteiger partial charge in [0.2, 0.25) is 0 Å². The molecule has 0 aromatic heterocycles. The van der Waals surface area contributed by atoms with Crippen molar-refractivity contribution in [2.24, 2.45) is 5.73 Å². The van der Waals surface area contributed by atoms with Crippen LogP contribution >= 0.6 is 0 Å². The molecule has 1 aromatic carbocycles. The standard InChI is InChI=1S/C13H17NO3/c14-13(3-1-2-4-13)10-7-9(15)8-11-12(10)17-6-5-16-11/h7-8,15H,1-6,14H2. The normalized spacial score (nSPS) is 21.5. The molecule has 1 heterocycles. The van der Waals surface area contributed by atoms with Crippen molar-refractivity contribution < 1.29 is 14.6 Å². The van der Waals surface area contributed by atoms with Gasteiger partial charge >= 0.3 is 0 Å². The zero-order valence-corrected chi connectivity index (χ0v) is 9.74. The number of ether oxygens (including phenoxy) is 2. The summed E-state index contributed by atoms with van der Waals surface area (Å²) in [6, 6.07) is 3.31. The molecule has 0 spiro atoms. The zero-order valence-electron chi connectivity index (χ0n) is 9.74. The fourth-order valence-electron chi connectivity index (χ4n) is 2.78. The molecule has 1 aliphatic heterocycles. The van der Waals surface area contributed by atoms with Gasteiger partial charge in [0.25, 0.3) is 0 Å². The Bertz CT molecular complexity index is 439. The lowest BCUT2D eigenvalue weighted by atomic mass is 9.88. The maximum atomic E-state index is 9.75. The number of rotatable bonds is 1. The number of nitrogens with two attached hydrogens (primary N) is 1. The summed E-state index contributed by atoms with van der Waals surface area (Å²) in [7, 11) is 0. The minimum Gasteiger partial charge on any atom is -0.508 e. The van der Waals surface area contributed by atoms with E-state index in [9.17, 15) is 5.11 Å². The molecule has 4 nitrogen and oxygen atoms in total. The Balaban J connectivity index is 2.11. The Kier molecular flexibility index (Phi) is 2.40. The van der Waals surface area contributed by atoms with Crippen LogP contribution in [0.2, 0.25) is 0 Å². The first-order valence-corrected chi connectivity index (χ1v) is 6.11. The maximum absolute atomic E-state index is 9.75. The smallest absolute Gasteiger partial charge is 0.166 e.